The van der Waals surface area contributed by atoms with E-state index in [9.17, 15) is 31.1 Å². The van der Waals surface area contributed by atoms with Crippen molar-refractivity contribution in [1.29, 1.82) is 0 Å². The fraction of sp³-hybridized carbons (Fsp3) is 0.692. The van der Waals surface area contributed by atoms with Gasteiger partial charge in [-0.2, -0.15) is 26.3 Å². The molecule has 0 saturated heterocycles. The van der Waals surface area contributed by atoms with E-state index in [0.717, 1.165) is 29.5 Å². The van der Waals surface area contributed by atoms with Crippen LogP contribution in [0.3, 0.4) is 0 Å². The number of nitrogens with one attached hydrogen (secondary N) is 2. The molecule has 1 aliphatic carbocycles. The number of hydrogen-bond donors (Lipinski definition) is 2. The molecule has 2 rings (SSSR count). The summed E-state index contributed by atoms with van der Waals surface area (Å²) >= 11 is 0.721. The highest BCUT2D eigenvalue weighted by Crippen LogP contribution is 2.44. The van der Waals surface area contributed by atoms with E-state index in [1.165, 1.54) is 12.2 Å². The smallest absolute Gasteiger partial charge is 0.439 e. The number of ether oxygens (including phenoxy) is 1. The topological polar surface area (TPSA) is 63.2 Å². The lowest BCUT2D eigenvalue weighted by Crippen LogP contribution is -2.72. The van der Waals surface area contributed by atoms with E-state index in [1.807, 2.05) is 0 Å². The lowest BCUT2D eigenvalue weighted by Gasteiger charge is -2.37. The molecular weight excluding hydrogens is 376 g/mol. The van der Waals surface area contributed by atoms with Gasteiger partial charge in [0.25, 0.3) is 0 Å². The third-order valence-corrected chi connectivity index (χ3v) is 4.63. The highest BCUT2D eigenvalue weighted by atomic mass is 32.1. The third kappa shape index (κ3) is 3.93. The van der Waals surface area contributed by atoms with Gasteiger partial charge in [0.05, 0.1) is 12.3 Å². The average Bonchev–Trinajstić information content (AvgIpc) is 2.86. The van der Waals surface area contributed by atoms with E-state index >= 15 is 0 Å². The Bertz CT molecular complexity index is 591. The van der Waals surface area contributed by atoms with Gasteiger partial charge in [0.15, 0.2) is 5.13 Å². The predicted molar refractivity (Wildman–Crippen MR) is 77.4 cm³/mol. The van der Waals surface area contributed by atoms with Crippen LogP contribution in [0.15, 0.2) is 0 Å². The first-order valence-corrected chi connectivity index (χ1v) is 8.17. The van der Waals surface area contributed by atoms with Crippen molar-refractivity contribution >= 4 is 22.6 Å². The summed E-state index contributed by atoms with van der Waals surface area (Å²) < 4.78 is 84.4. The first-order valence-electron chi connectivity index (χ1n) is 7.35. The van der Waals surface area contributed by atoms with Gasteiger partial charge in [-0.3, -0.25) is 5.32 Å². The van der Waals surface area contributed by atoms with Crippen molar-refractivity contribution in [2.45, 2.75) is 50.6 Å². The van der Waals surface area contributed by atoms with Crippen molar-refractivity contribution in [2.75, 3.05) is 11.9 Å². The van der Waals surface area contributed by atoms with Crippen molar-refractivity contribution < 1.29 is 35.9 Å². The van der Waals surface area contributed by atoms with E-state index < -0.39 is 29.2 Å². The van der Waals surface area contributed by atoms with Crippen molar-refractivity contribution in [3.8, 4) is 0 Å². The average molecular weight is 391 g/mol. The second-order valence-electron chi connectivity index (χ2n) is 5.31. The van der Waals surface area contributed by atoms with Gasteiger partial charge in [-0.15, -0.1) is 11.3 Å². The molecule has 142 valence electrons. The molecule has 1 aliphatic rings. The molecule has 1 aromatic rings. The van der Waals surface area contributed by atoms with E-state index in [1.54, 1.807) is 0 Å². The van der Waals surface area contributed by atoms with Crippen LogP contribution in [0.4, 0.5) is 36.3 Å². The minimum atomic E-state index is -5.88. The van der Waals surface area contributed by atoms with Gasteiger partial charge in [0.1, 0.15) is 0 Å². The minimum absolute atomic E-state index is 0.386. The van der Waals surface area contributed by atoms with Crippen molar-refractivity contribution in [3.05, 3.63) is 10.6 Å². The number of amides is 1. The molecule has 12 heteroatoms. The molecule has 0 atom stereocenters. The van der Waals surface area contributed by atoms with Crippen molar-refractivity contribution in [3.63, 3.8) is 0 Å². The number of nitrogens with zero attached hydrogens (tertiary/aromatic N) is 1. The van der Waals surface area contributed by atoms with Crippen LogP contribution < -0.4 is 10.6 Å². The number of aryl methyl sites for hydroxylation is 2. The Hall–Kier alpha value is -1.72. The normalized spacial score (nSPS) is 15.5. The van der Waals surface area contributed by atoms with Gasteiger partial charge >= 0.3 is 24.1 Å². The number of carbonyl (C=O) groups excluding carboxylic acids is 1. The largest absolute Gasteiger partial charge is 0.450 e. The Labute approximate surface area is 142 Å². The number of fused-ring (bicyclic) bond motifs is 1. The molecule has 0 saturated carbocycles. The molecule has 1 heterocycles. The summed E-state index contributed by atoms with van der Waals surface area (Å²) in [5.41, 5.74) is -4.22. The number of rotatable bonds is 4. The van der Waals surface area contributed by atoms with Crippen LogP contribution in [0, 0.1) is 0 Å². The molecule has 0 aliphatic heterocycles. The Morgan fingerprint density at radius 1 is 1.16 bits per heavy atom. The summed E-state index contributed by atoms with van der Waals surface area (Å²) in [7, 11) is 0. The predicted octanol–water partition coefficient (Wildman–Crippen LogP) is 4.00. The van der Waals surface area contributed by atoms with Crippen LogP contribution in [-0.2, 0) is 17.6 Å². The molecule has 0 fully saturated rings. The maximum atomic E-state index is 13.4. The molecule has 0 aromatic carbocycles. The van der Waals surface area contributed by atoms with Gasteiger partial charge in [0, 0.05) is 4.88 Å². The number of hydrogen-bond acceptors (Lipinski definition) is 5. The fourth-order valence-corrected chi connectivity index (χ4v) is 3.47. The molecule has 1 aromatic heterocycles. The van der Waals surface area contributed by atoms with E-state index in [4.69, 9.17) is 0 Å². The number of aromatic nitrogens is 1. The molecule has 0 spiro atoms. The van der Waals surface area contributed by atoms with E-state index in [-0.39, 0.29) is 6.61 Å². The van der Waals surface area contributed by atoms with Crippen LogP contribution in [0.1, 0.15) is 30.3 Å². The molecule has 1 amide bonds. The zero-order valence-electron chi connectivity index (χ0n) is 13.0. The number of halogens is 6. The summed E-state index contributed by atoms with van der Waals surface area (Å²) in [6.45, 7) is 0.869. The molecular formula is C13H15F6N3O2S. The first kappa shape index (κ1) is 19.6. The summed E-state index contributed by atoms with van der Waals surface area (Å²) in [4.78, 5) is 15.8. The Balaban J connectivity index is 2.42. The molecule has 0 unspecified atom stereocenters. The molecule has 0 bridgehead atoms. The van der Waals surface area contributed by atoms with Crippen LogP contribution in [-0.4, -0.2) is 35.7 Å². The number of alkyl carbamates (subject to hydrolysis) is 1. The Morgan fingerprint density at radius 2 is 1.76 bits per heavy atom. The lowest BCUT2D eigenvalue weighted by atomic mass is 10.0. The number of carbonyl (C=O) groups is 1. The SMILES string of the molecule is CCOC(=O)NC(Nc1nc2c(s1)CCCC2)(C(F)(F)F)C(F)(F)F. The van der Waals surface area contributed by atoms with Crippen LogP contribution in [0.25, 0.3) is 0 Å². The molecule has 5 nitrogen and oxygen atoms in total. The summed E-state index contributed by atoms with van der Waals surface area (Å²) in [5.74, 6) is 0. The van der Waals surface area contributed by atoms with Gasteiger partial charge in [-0.05, 0) is 32.6 Å². The Kier molecular flexibility index (Phi) is 5.40. The molecule has 0 radical (unpaired) electrons. The van der Waals surface area contributed by atoms with Gasteiger partial charge in [0.2, 0.25) is 0 Å². The van der Waals surface area contributed by atoms with Gasteiger partial charge in [-0.25, -0.2) is 9.78 Å². The summed E-state index contributed by atoms with van der Waals surface area (Å²) in [6, 6.07) is 0. The monoisotopic (exact) mass is 391 g/mol. The third-order valence-electron chi connectivity index (χ3n) is 3.56. The zero-order chi connectivity index (χ0) is 18.9. The number of thiazole rings is 1. The highest BCUT2D eigenvalue weighted by Gasteiger charge is 2.73. The van der Waals surface area contributed by atoms with Crippen molar-refractivity contribution in [1.82, 2.24) is 10.3 Å². The van der Waals surface area contributed by atoms with E-state index in [0.29, 0.717) is 23.4 Å². The number of anilines is 1. The quantitative estimate of drug-likeness (QED) is 0.602. The summed E-state index contributed by atoms with van der Waals surface area (Å²) in [6.07, 6.45) is -11.0. The summed E-state index contributed by atoms with van der Waals surface area (Å²) in [5, 5.41) is 1.69. The lowest BCUT2D eigenvalue weighted by molar-refractivity contribution is -0.294. The molecule has 2 N–H and O–H groups in total. The van der Waals surface area contributed by atoms with Crippen LogP contribution >= 0.6 is 11.3 Å². The fourth-order valence-electron chi connectivity index (χ4n) is 2.36. The van der Waals surface area contributed by atoms with Gasteiger partial charge < -0.3 is 10.1 Å². The van der Waals surface area contributed by atoms with Crippen LogP contribution in [0.2, 0.25) is 0 Å². The maximum absolute atomic E-state index is 13.4. The van der Waals surface area contributed by atoms with Gasteiger partial charge in [-0.1, -0.05) is 0 Å². The van der Waals surface area contributed by atoms with Crippen LogP contribution in [0.5, 0.6) is 0 Å². The maximum Gasteiger partial charge on any atom is 0.439 e. The zero-order valence-corrected chi connectivity index (χ0v) is 13.8. The van der Waals surface area contributed by atoms with E-state index in [2.05, 4.69) is 9.72 Å². The number of alkyl halides is 6. The second kappa shape index (κ2) is 6.89. The first-order chi connectivity index (χ1) is 11.5. The minimum Gasteiger partial charge on any atom is -0.450 e. The Morgan fingerprint density at radius 3 is 2.28 bits per heavy atom. The highest BCUT2D eigenvalue weighted by molar-refractivity contribution is 7.15. The second-order valence-corrected chi connectivity index (χ2v) is 6.40. The van der Waals surface area contributed by atoms with Crippen molar-refractivity contribution in [2.24, 2.45) is 0 Å². The molecule has 25 heavy (non-hydrogen) atoms. The standard InChI is InChI=1S/C13H15F6N3O2S/c1-2-24-10(23)22-11(12(14,15)16,13(17,18)19)21-9-20-7-5-3-4-6-8(7)25-9/h2-6H2,1H3,(H,20,21)(H,22,23).